The lowest BCUT2D eigenvalue weighted by Crippen LogP contribution is -1.99. The van der Waals surface area contributed by atoms with Gasteiger partial charge in [-0.25, -0.2) is 0 Å². The molecule has 24 heavy (non-hydrogen) atoms. The Balaban J connectivity index is 1.99. The van der Waals surface area contributed by atoms with E-state index < -0.39 is 0 Å². The minimum atomic E-state index is 0.258. The maximum Gasteiger partial charge on any atom is 0.162 e. The topological polar surface area (TPSA) is 26.3 Å². The van der Waals surface area contributed by atoms with Gasteiger partial charge in [-0.3, -0.25) is 4.79 Å². The maximum absolute atomic E-state index is 12.1. The van der Waals surface area contributed by atoms with Crippen LogP contribution in [0.25, 0.3) is 0 Å². The SMILES string of the molecule is CCCCCCCCCCCCCC(=O)c1ccc(OCC)cc1. The van der Waals surface area contributed by atoms with Crippen molar-refractivity contribution < 1.29 is 9.53 Å². The lowest BCUT2D eigenvalue weighted by molar-refractivity contribution is 0.0979. The molecule has 0 aliphatic rings. The summed E-state index contributed by atoms with van der Waals surface area (Å²) in [7, 11) is 0. The number of Topliss-reactive ketones (excluding diaryl/α,β-unsaturated/α-hetero) is 1. The van der Waals surface area contributed by atoms with Gasteiger partial charge < -0.3 is 4.74 Å². The van der Waals surface area contributed by atoms with Gasteiger partial charge in [0.2, 0.25) is 0 Å². The lowest BCUT2D eigenvalue weighted by Gasteiger charge is -2.05. The minimum absolute atomic E-state index is 0.258. The number of hydrogen-bond acceptors (Lipinski definition) is 2. The van der Waals surface area contributed by atoms with Gasteiger partial charge in [0.05, 0.1) is 6.61 Å². The molecule has 1 aromatic carbocycles. The second-order valence-corrected chi connectivity index (χ2v) is 6.67. The van der Waals surface area contributed by atoms with Crippen molar-refractivity contribution in [2.45, 2.75) is 90.9 Å². The van der Waals surface area contributed by atoms with Gasteiger partial charge in [0.1, 0.15) is 5.75 Å². The van der Waals surface area contributed by atoms with Crippen LogP contribution in [-0.4, -0.2) is 12.4 Å². The average molecular weight is 333 g/mol. The molecule has 0 bridgehead atoms. The molecular formula is C22H36O2. The van der Waals surface area contributed by atoms with Gasteiger partial charge in [0.25, 0.3) is 0 Å². The second kappa shape index (κ2) is 14.1. The predicted octanol–water partition coefficient (Wildman–Crippen LogP) is 6.97. The number of unbranched alkanes of at least 4 members (excludes halogenated alkanes) is 10. The highest BCUT2D eigenvalue weighted by Crippen LogP contribution is 2.16. The Morgan fingerprint density at radius 1 is 0.750 bits per heavy atom. The van der Waals surface area contributed by atoms with Crippen molar-refractivity contribution in [3.05, 3.63) is 29.8 Å². The van der Waals surface area contributed by atoms with Crippen LogP contribution in [0.15, 0.2) is 24.3 Å². The molecule has 2 heteroatoms. The Morgan fingerprint density at radius 2 is 1.25 bits per heavy atom. The zero-order valence-electron chi connectivity index (χ0n) is 15.8. The summed E-state index contributed by atoms with van der Waals surface area (Å²) in [5.41, 5.74) is 0.811. The molecule has 0 aliphatic heterocycles. The van der Waals surface area contributed by atoms with Crippen LogP contribution in [0, 0.1) is 0 Å². The van der Waals surface area contributed by atoms with Crippen LogP contribution in [0.5, 0.6) is 5.75 Å². The molecule has 0 unspecified atom stereocenters. The molecule has 0 radical (unpaired) electrons. The molecule has 0 heterocycles. The van der Waals surface area contributed by atoms with Crippen LogP contribution in [-0.2, 0) is 0 Å². The monoisotopic (exact) mass is 332 g/mol. The third-order valence-corrected chi connectivity index (χ3v) is 4.49. The standard InChI is InChI=1S/C22H36O2/c1-3-5-6-7-8-9-10-11-12-13-14-15-22(23)20-16-18-21(19-17-20)24-4-2/h16-19H,3-15H2,1-2H3. The highest BCUT2D eigenvalue weighted by molar-refractivity contribution is 5.96. The van der Waals surface area contributed by atoms with Gasteiger partial charge in [-0.1, -0.05) is 71.1 Å². The molecule has 0 spiro atoms. The maximum atomic E-state index is 12.1. The zero-order valence-corrected chi connectivity index (χ0v) is 15.8. The first-order valence-corrected chi connectivity index (χ1v) is 10.0. The molecule has 0 fully saturated rings. The molecule has 0 saturated heterocycles. The van der Waals surface area contributed by atoms with Gasteiger partial charge in [0, 0.05) is 12.0 Å². The average Bonchev–Trinajstić information content (AvgIpc) is 2.60. The highest BCUT2D eigenvalue weighted by Gasteiger charge is 2.05. The van der Waals surface area contributed by atoms with Gasteiger partial charge in [-0.2, -0.15) is 0 Å². The largest absolute Gasteiger partial charge is 0.494 e. The fourth-order valence-electron chi connectivity index (χ4n) is 3.00. The quantitative estimate of drug-likeness (QED) is 0.256. The van der Waals surface area contributed by atoms with E-state index in [9.17, 15) is 4.79 Å². The van der Waals surface area contributed by atoms with E-state index in [-0.39, 0.29) is 5.78 Å². The van der Waals surface area contributed by atoms with Crippen LogP contribution < -0.4 is 4.74 Å². The van der Waals surface area contributed by atoms with Gasteiger partial charge in [-0.05, 0) is 37.6 Å². The number of ether oxygens (including phenoxy) is 1. The third-order valence-electron chi connectivity index (χ3n) is 4.49. The van der Waals surface area contributed by atoms with E-state index in [1.807, 2.05) is 31.2 Å². The summed E-state index contributed by atoms with van der Waals surface area (Å²) in [5, 5.41) is 0. The van der Waals surface area contributed by atoms with E-state index in [0.717, 1.165) is 17.7 Å². The van der Waals surface area contributed by atoms with Crippen LogP contribution in [0.1, 0.15) is 101 Å². The molecule has 0 N–H and O–H groups in total. The van der Waals surface area contributed by atoms with Crippen molar-refractivity contribution in [1.82, 2.24) is 0 Å². The van der Waals surface area contributed by atoms with Gasteiger partial charge >= 0.3 is 0 Å². The third kappa shape index (κ3) is 9.75. The molecule has 0 amide bonds. The van der Waals surface area contributed by atoms with E-state index in [1.54, 1.807) is 0 Å². The Bertz CT molecular complexity index is 422. The molecule has 1 aromatic rings. The molecule has 1 rings (SSSR count). The molecule has 2 nitrogen and oxygen atoms in total. The van der Waals surface area contributed by atoms with E-state index >= 15 is 0 Å². The van der Waals surface area contributed by atoms with Crippen LogP contribution in [0.2, 0.25) is 0 Å². The Kier molecular flexibility index (Phi) is 12.2. The van der Waals surface area contributed by atoms with E-state index in [1.165, 1.54) is 64.2 Å². The van der Waals surface area contributed by atoms with Crippen molar-refractivity contribution in [1.29, 1.82) is 0 Å². The normalized spacial score (nSPS) is 10.8. The summed E-state index contributed by atoms with van der Waals surface area (Å²) in [4.78, 5) is 12.1. The number of carbonyl (C=O) groups is 1. The first-order valence-electron chi connectivity index (χ1n) is 10.0. The number of hydrogen-bond donors (Lipinski definition) is 0. The van der Waals surface area contributed by atoms with Gasteiger partial charge in [-0.15, -0.1) is 0 Å². The van der Waals surface area contributed by atoms with Crippen molar-refractivity contribution in [2.75, 3.05) is 6.61 Å². The number of benzene rings is 1. The molecular weight excluding hydrogens is 296 g/mol. The van der Waals surface area contributed by atoms with Crippen molar-refractivity contribution >= 4 is 5.78 Å². The summed E-state index contributed by atoms with van der Waals surface area (Å²) >= 11 is 0. The summed E-state index contributed by atoms with van der Waals surface area (Å²) in [6.07, 6.45) is 15.1. The smallest absolute Gasteiger partial charge is 0.162 e. The van der Waals surface area contributed by atoms with Crippen LogP contribution in [0.3, 0.4) is 0 Å². The van der Waals surface area contributed by atoms with Crippen molar-refractivity contribution in [3.63, 3.8) is 0 Å². The minimum Gasteiger partial charge on any atom is -0.494 e. The fraction of sp³-hybridized carbons (Fsp3) is 0.682. The summed E-state index contributed by atoms with van der Waals surface area (Å²) in [6.45, 7) is 4.89. The van der Waals surface area contributed by atoms with Crippen LogP contribution >= 0.6 is 0 Å². The first kappa shape index (κ1) is 20.7. The molecule has 0 atom stereocenters. The first-order chi connectivity index (χ1) is 11.8. The zero-order chi connectivity index (χ0) is 17.5. The summed E-state index contributed by atoms with van der Waals surface area (Å²) < 4.78 is 5.40. The number of rotatable bonds is 15. The molecule has 0 aliphatic carbocycles. The van der Waals surface area contributed by atoms with E-state index in [0.29, 0.717) is 13.0 Å². The Labute approximate surface area is 149 Å². The van der Waals surface area contributed by atoms with E-state index in [2.05, 4.69) is 6.92 Å². The molecule has 136 valence electrons. The molecule has 0 saturated carbocycles. The van der Waals surface area contributed by atoms with Crippen LogP contribution in [0.4, 0.5) is 0 Å². The Hall–Kier alpha value is -1.31. The fourth-order valence-corrected chi connectivity index (χ4v) is 3.00. The predicted molar refractivity (Wildman–Crippen MR) is 103 cm³/mol. The van der Waals surface area contributed by atoms with Crippen molar-refractivity contribution in [3.8, 4) is 5.75 Å². The molecule has 0 aromatic heterocycles. The number of ketones is 1. The van der Waals surface area contributed by atoms with E-state index in [4.69, 9.17) is 4.74 Å². The lowest BCUT2D eigenvalue weighted by atomic mass is 10.0. The summed E-state index contributed by atoms with van der Waals surface area (Å²) in [6, 6.07) is 7.53. The number of carbonyl (C=O) groups excluding carboxylic acids is 1. The Morgan fingerprint density at radius 3 is 1.75 bits per heavy atom. The van der Waals surface area contributed by atoms with Gasteiger partial charge in [0.15, 0.2) is 5.78 Å². The second-order valence-electron chi connectivity index (χ2n) is 6.67. The van der Waals surface area contributed by atoms with Crippen molar-refractivity contribution in [2.24, 2.45) is 0 Å². The summed E-state index contributed by atoms with van der Waals surface area (Å²) in [5.74, 6) is 1.10. The highest BCUT2D eigenvalue weighted by atomic mass is 16.5.